The van der Waals surface area contributed by atoms with Crippen LogP contribution in [0.5, 0.6) is 0 Å². The Kier molecular flexibility index (Phi) is 6.29. The van der Waals surface area contributed by atoms with E-state index in [0.717, 1.165) is 5.56 Å². The average molecular weight is 316 g/mol. The molecule has 0 saturated carbocycles. The second-order valence-electron chi connectivity index (χ2n) is 5.30. The van der Waals surface area contributed by atoms with Crippen LogP contribution in [0.2, 0.25) is 0 Å². The predicted molar refractivity (Wildman–Crippen MR) is 84.9 cm³/mol. The molecule has 2 aromatic carbocycles. The minimum absolute atomic E-state index is 0.138. The fraction of sp³-hybridized carbons (Fsp3) is 0.278. The number of aliphatic hydroxyl groups is 2. The third-order valence-corrected chi connectivity index (χ3v) is 3.26. The molecule has 0 bridgehead atoms. The van der Waals surface area contributed by atoms with Crippen molar-refractivity contribution in [2.75, 3.05) is 19.8 Å². The predicted octanol–water partition coefficient (Wildman–Crippen LogP) is 1.78. The van der Waals surface area contributed by atoms with Crippen LogP contribution < -0.4 is 0 Å². The summed E-state index contributed by atoms with van der Waals surface area (Å²) in [4.78, 5) is 11.8. The number of benzene rings is 2. The van der Waals surface area contributed by atoms with Crippen LogP contribution in [0.25, 0.3) is 0 Å². The molecule has 5 nitrogen and oxygen atoms in total. The molecule has 0 heterocycles. The molecule has 0 aromatic heterocycles. The topological polar surface area (TPSA) is 76.0 Å². The Morgan fingerprint density at radius 3 is 2.17 bits per heavy atom. The van der Waals surface area contributed by atoms with Gasteiger partial charge in [-0.25, -0.2) is 4.79 Å². The normalized spacial score (nSPS) is 13.3. The van der Waals surface area contributed by atoms with Gasteiger partial charge < -0.3 is 19.7 Å². The van der Waals surface area contributed by atoms with E-state index >= 15 is 0 Å². The zero-order valence-electron chi connectivity index (χ0n) is 12.7. The van der Waals surface area contributed by atoms with Crippen molar-refractivity contribution in [1.82, 2.24) is 0 Å². The number of hydrogen-bond acceptors (Lipinski definition) is 5. The van der Waals surface area contributed by atoms with E-state index in [1.807, 2.05) is 30.3 Å². The Balaban J connectivity index is 1.81. The van der Waals surface area contributed by atoms with Crippen LogP contribution in [0.4, 0.5) is 0 Å². The molecule has 0 amide bonds. The van der Waals surface area contributed by atoms with Crippen molar-refractivity contribution in [2.45, 2.75) is 12.2 Å². The van der Waals surface area contributed by atoms with Crippen LogP contribution in [0, 0.1) is 0 Å². The lowest BCUT2D eigenvalue weighted by atomic mass is 10.1. The van der Waals surface area contributed by atoms with Gasteiger partial charge in [0.15, 0.2) is 0 Å². The molecular weight excluding hydrogens is 296 g/mol. The average Bonchev–Trinajstić information content (AvgIpc) is 2.61. The summed E-state index contributed by atoms with van der Waals surface area (Å²) in [6.07, 6.45) is 0. The zero-order valence-corrected chi connectivity index (χ0v) is 12.7. The summed E-state index contributed by atoms with van der Waals surface area (Å²) in [5, 5.41) is 19.6. The van der Waals surface area contributed by atoms with E-state index < -0.39 is 18.2 Å². The summed E-state index contributed by atoms with van der Waals surface area (Å²) < 4.78 is 10.5. The van der Waals surface area contributed by atoms with E-state index in [-0.39, 0.29) is 13.2 Å². The first-order valence-electron chi connectivity index (χ1n) is 7.30. The number of aliphatic hydroxyl groups excluding tert-OH is 1. The van der Waals surface area contributed by atoms with Crippen molar-refractivity contribution in [3.05, 3.63) is 71.8 Å². The van der Waals surface area contributed by atoms with Crippen molar-refractivity contribution < 1.29 is 24.5 Å². The summed E-state index contributed by atoms with van der Waals surface area (Å²) in [5.74, 6) is -0.555. The summed E-state index contributed by atoms with van der Waals surface area (Å²) in [5.41, 5.74) is -0.286. The molecule has 2 N–H and O–H groups in total. The second-order valence-corrected chi connectivity index (χ2v) is 5.30. The minimum Gasteiger partial charge on any atom is -0.459 e. The molecule has 0 fully saturated rings. The van der Waals surface area contributed by atoms with Gasteiger partial charge in [0.1, 0.15) is 12.2 Å². The van der Waals surface area contributed by atoms with Crippen molar-refractivity contribution in [3.63, 3.8) is 0 Å². The SMILES string of the molecule is O=C(OCC(O)(CO)COCc1ccccc1)c1ccccc1. The number of carbonyl (C=O) groups excluding carboxylic acids is 1. The largest absolute Gasteiger partial charge is 0.459 e. The van der Waals surface area contributed by atoms with Gasteiger partial charge in [0.05, 0.1) is 25.4 Å². The molecule has 0 aliphatic heterocycles. The Hall–Kier alpha value is -2.21. The Morgan fingerprint density at radius 2 is 1.57 bits per heavy atom. The first-order valence-corrected chi connectivity index (χ1v) is 7.30. The Morgan fingerprint density at radius 1 is 0.957 bits per heavy atom. The van der Waals surface area contributed by atoms with Gasteiger partial charge >= 0.3 is 5.97 Å². The smallest absolute Gasteiger partial charge is 0.338 e. The van der Waals surface area contributed by atoms with E-state index in [1.54, 1.807) is 30.3 Å². The fourth-order valence-electron chi connectivity index (χ4n) is 1.92. The first-order chi connectivity index (χ1) is 11.1. The van der Waals surface area contributed by atoms with Crippen molar-refractivity contribution in [1.29, 1.82) is 0 Å². The Bertz CT molecular complexity index is 599. The highest BCUT2D eigenvalue weighted by molar-refractivity contribution is 5.89. The van der Waals surface area contributed by atoms with Gasteiger partial charge in [-0.3, -0.25) is 0 Å². The molecule has 2 aromatic rings. The van der Waals surface area contributed by atoms with Crippen LogP contribution in [0.3, 0.4) is 0 Å². The molecule has 1 atom stereocenters. The van der Waals surface area contributed by atoms with Gasteiger partial charge in [-0.2, -0.15) is 0 Å². The van der Waals surface area contributed by atoms with Crippen LogP contribution in [-0.4, -0.2) is 41.6 Å². The minimum atomic E-state index is -1.63. The second kappa shape index (κ2) is 8.43. The third-order valence-electron chi connectivity index (χ3n) is 3.26. The van der Waals surface area contributed by atoms with Crippen LogP contribution in [0.1, 0.15) is 15.9 Å². The summed E-state index contributed by atoms with van der Waals surface area (Å²) in [7, 11) is 0. The number of carbonyl (C=O) groups is 1. The maximum absolute atomic E-state index is 11.8. The van der Waals surface area contributed by atoms with Crippen LogP contribution in [-0.2, 0) is 16.1 Å². The molecule has 122 valence electrons. The van der Waals surface area contributed by atoms with Gasteiger partial charge in [-0.15, -0.1) is 0 Å². The van der Waals surface area contributed by atoms with E-state index in [1.165, 1.54) is 0 Å². The van der Waals surface area contributed by atoms with Crippen LogP contribution in [0.15, 0.2) is 60.7 Å². The van der Waals surface area contributed by atoms with Crippen molar-refractivity contribution in [2.24, 2.45) is 0 Å². The van der Waals surface area contributed by atoms with Gasteiger partial charge in [0.25, 0.3) is 0 Å². The maximum atomic E-state index is 11.8. The van der Waals surface area contributed by atoms with E-state index in [9.17, 15) is 15.0 Å². The monoisotopic (exact) mass is 316 g/mol. The number of ether oxygens (including phenoxy) is 2. The van der Waals surface area contributed by atoms with Gasteiger partial charge in [-0.05, 0) is 17.7 Å². The zero-order chi connectivity index (χ0) is 16.5. The van der Waals surface area contributed by atoms with Crippen LogP contribution >= 0.6 is 0 Å². The third kappa shape index (κ3) is 5.49. The van der Waals surface area contributed by atoms with E-state index in [0.29, 0.717) is 12.2 Å². The summed E-state index contributed by atoms with van der Waals surface area (Å²) in [6.45, 7) is -0.744. The fourth-order valence-corrected chi connectivity index (χ4v) is 1.92. The quantitative estimate of drug-likeness (QED) is 0.726. The van der Waals surface area contributed by atoms with E-state index in [4.69, 9.17) is 9.47 Å². The molecule has 1 unspecified atom stereocenters. The highest BCUT2D eigenvalue weighted by Gasteiger charge is 2.29. The molecule has 0 radical (unpaired) electrons. The van der Waals surface area contributed by atoms with Crippen molar-refractivity contribution >= 4 is 5.97 Å². The molecule has 2 rings (SSSR count). The lowest BCUT2D eigenvalue weighted by Gasteiger charge is -2.25. The van der Waals surface area contributed by atoms with Gasteiger partial charge in [-0.1, -0.05) is 48.5 Å². The lowest BCUT2D eigenvalue weighted by molar-refractivity contribution is -0.111. The molecule has 5 heteroatoms. The van der Waals surface area contributed by atoms with Gasteiger partial charge in [0, 0.05) is 0 Å². The summed E-state index contributed by atoms with van der Waals surface area (Å²) >= 11 is 0. The number of hydrogen-bond donors (Lipinski definition) is 2. The van der Waals surface area contributed by atoms with Crippen molar-refractivity contribution in [3.8, 4) is 0 Å². The highest BCUT2D eigenvalue weighted by atomic mass is 16.6. The standard InChI is InChI=1S/C18H20O5/c19-12-18(21,13-22-11-15-7-3-1-4-8-15)14-23-17(20)16-9-5-2-6-10-16/h1-10,19,21H,11-14H2. The Labute approximate surface area is 135 Å². The highest BCUT2D eigenvalue weighted by Crippen LogP contribution is 2.10. The number of rotatable bonds is 8. The molecule has 0 spiro atoms. The maximum Gasteiger partial charge on any atom is 0.338 e. The first kappa shape index (κ1) is 17.1. The van der Waals surface area contributed by atoms with Gasteiger partial charge in [0.2, 0.25) is 0 Å². The molecule has 0 aliphatic rings. The molecule has 23 heavy (non-hydrogen) atoms. The molecular formula is C18H20O5. The molecule has 0 saturated heterocycles. The lowest BCUT2D eigenvalue weighted by Crippen LogP contribution is -2.44. The molecule has 0 aliphatic carbocycles. The number of esters is 1. The van der Waals surface area contributed by atoms with E-state index in [2.05, 4.69) is 0 Å². The summed E-state index contributed by atoms with van der Waals surface area (Å²) in [6, 6.07) is 17.9.